The van der Waals surface area contributed by atoms with Crippen molar-refractivity contribution in [3.05, 3.63) is 82.9 Å². The van der Waals surface area contributed by atoms with Gasteiger partial charge in [-0.3, -0.25) is 14.4 Å². The summed E-state index contributed by atoms with van der Waals surface area (Å²) in [6.45, 7) is 2.94. The van der Waals surface area contributed by atoms with Gasteiger partial charge in [-0.2, -0.15) is 0 Å². The lowest BCUT2D eigenvalue weighted by atomic mass is 10.0. The lowest BCUT2D eigenvalue weighted by Gasteiger charge is -2.30. The van der Waals surface area contributed by atoms with Crippen LogP contribution in [0.15, 0.2) is 71.6 Å². The summed E-state index contributed by atoms with van der Waals surface area (Å²) < 4.78 is 30.4. The number of sulfonamides is 1. The minimum Gasteiger partial charge on any atom is -0.310 e. The Morgan fingerprint density at radius 2 is 1.85 bits per heavy atom. The molecule has 0 fully saturated rings. The molecule has 0 atom stereocenters. The topological polar surface area (TPSA) is 84.3 Å². The van der Waals surface area contributed by atoms with E-state index in [-0.39, 0.29) is 15.5 Å². The molecule has 3 aromatic carbocycles. The van der Waals surface area contributed by atoms with E-state index in [0.717, 1.165) is 29.4 Å². The van der Waals surface area contributed by atoms with Crippen LogP contribution in [0.5, 0.6) is 0 Å². The largest absolute Gasteiger partial charge is 0.310 e. The van der Waals surface area contributed by atoms with E-state index < -0.39 is 15.9 Å². The molecule has 9 heteroatoms. The molecule has 0 bridgehead atoms. The molecule has 5 rings (SSSR count). The molecule has 174 valence electrons. The number of carbonyl (C=O) groups is 1. The summed E-state index contributed by atoms with van der Waals surface area (Å²) in [6, 6.07) is 19.3. The molecular formula is C25H23ClN4O3S. The lowest BCUT2D eigenvalue weighted by Crippen LogP contribution is -2.35. The molecule has 1 aromatic heterocycles. The molecule has 2 heterocycles. The zero-order valence-electron chi connectivity index (χ0n) is 18.5. The van der Waals surface area contributed by atoms with Crippen LogP contribution in [0.1, 0.15) is 29.3 Å². The van der Waals surface area contributed by atoms with Gasteiger partial charge in [0.15, 0.2) is 0 Å². The Morgan fingerprint density at radius 1 is 1.09 bits per heavy atom. The summed E-state index contributed by atoms with van der Waals surface area (Å²) in [4.78, 5) is 17.7. The summed E-state index contributed by atoms with van der Waals surface area (Å²) in [5.41, 5.74) is 3.38. The number of benzene rings is 3. The van der Waals surface area contributed by atoms with Crippen LogP contribution in [0, 0.1) is 0 Å². The molecule has 0 saturated carbocycles. The monoisotopic (exact) mass is 494 g/mol. The minimum atomic E-state index is -3.88. The van der Waals surface area contributed by atoms with E-state index in [9.17, 15) is 13.2 Å². The average Bonchev–Trinajstić information content (AvgIpc) is 3.20. The molecule has 1 amide bonds. The van der Waals surface area contributed by atoms with E-state index in [1.54, 1.807) is 0 Å². The van der Waals surface area contributed by atoms with Crippen LogP contribution < -0.4 is 9.62 Å². The molecule has 0 radical (unpaired) electrons. The first kappa shape index (κ1) is 22.4. The molecule has 0 spiro atoms. The quantitative estimate of drug-likeness (QED) is 0.418. The number of hydrogen-bond donors (Lipinski definition) is 1. The molecule has 1 aliphatic rings. The molecule has 1 N–H and O–H groups in total. The molecule has 1 aliphatic heterocycles. The zero-order valence-corrected chi connectivity index (χ0v) is 20.1. The van der Waals surface area contributed by atoms with Crippen LogP contribution in [0.25, 0.3) is 11.0 Å². The predicted octanol–water partition coefficient (Wildman–Crippen LogP) is 5.10. The van der Waals surface area contributed by atoms with Gasteiger partial charge in [-0.05, 0) is 61.7 Å². The van der Waals surface area contributed by atoms with Gasteiger partial charge in [-0.25, -0.2) is 13.4 Å². The number of para-hydroxylation sites is 3. The molecule has 34 heavy (non-hydrogen) atoms. The van der Waals surface area contributed by atoms with E-state index in [4.69, 9.17) is 11.6 Å². The van der Waals surface area contributed by atoms with Gasteiger partial charge in [0.05, 0.1) is 32.2 Å². The summed E-state index contributed by atoms with van der Waals surface area (Å²) in [5, 5.41) is 2.96. The van der Waals surface area contributed by atoms with E-state index in [0.29, 0.717) is 24.7 Å². The Labute approximate surface area is 203 Å². The van der Waals surface area contributed by atoms with Gasteiger partial charge < -0.3 is 4.57 Å². The first-order chi connectivity index (χ1) is 16.4. The van der Waals surface area contributed by atoms with Crippen molar-refractivity contribution in [2.24, 2.45) is 0 Å². The summed E-state index contributed by atoms with van der Waals surface area (Å²) in [7, 11) is -3.88. The second-order valence-corrected chi connectivity index (χ2v) is 10.3. The van der Waals surface area contributed by atoms with Crippen molar-refractivity contribution < 1.29 is 13.2 Å². The second-order valence-electron chi connectivity index (χ2n) is 8.07. The molecule has 4 aromatic rings. The zero-order chi connectivity index (χ0) is 23.9. The highest BCUT2D eigenvalue weighted by molar-refractivity contribution is 7.92. The third kappa shape index (κ3) is 3.82. The van der Waals surface area contributed by atoms with Crippen molar-refractivity contribution in [2.45, 2.75) is 31.2 Å². The van der Waals surface area contributed by atoms with E-state index >= 15 is 0 Å². The van der Waals surface area contributed by atoms with Crippen LogP contribution >= 0.6 is 11.6 Å². The highest BCUT2D eigenvalue weighted by Gasteiger charge is 2.30. The van der Waals surface area contributed by atoms with Crippen LogP contribution in [0.4, 0.5) is 11.6 Å². The van der Waals surface area contributed by atoms with Crippen LogP contribution in [-0.2, 0) is 23.0 Å². The summed E-state index contributed by atoms with van der Waals surface area (Å²) in [6.07, 6.45) is 1.55. The van der Waals surface area contributed by atoms with Gasteiger partial charge in [0.1, 0.15) is 0 Å². The Morgan fingerprint density at radius 3 is 2.68 bits per heavy atom. The number of imidazole rings is 1. The van der Waals surface area contributed by atoms with Gasteiger partial charge in [-0.1, -0.05) is 41.9 Å². The average molecular weight is 495 g/mol. The minimum absolute atomic E-state index is 0.0164. The Balaban J connectivity index is 1.50. The SMILES string of the molecule is CCn1c(NC(=O)c2cc(S(=O)(=O)N3CCCc4ccccc43)ccc2Cl)nc2ccccc21. The number of rotatable bonds is 5. The summed E-state index contributed by atoms with van der Waals surface area (Å²) >= 11 is 6.33. The van der Waals surface area contributed by atoms with Crippen LogP contribution in [-0.4, -0.2) is 30.4 Å². The van der Waals surface area contributed by atoms with Crippen LogP contribution in [0.3, 0.4) is 0 Å². The first-order valence-corrected chi connectivity index (χ1v) is 12.9. The molecule has 0 unspecified atom stereocenters. The number of aromatic nitrogens is 2. The predicted molar refractivity (Wildman–Crippen MR) is 134 cm³/mol. The number of nitrogens with zero attached hydrogens (tertiary/aromatic N) is 3. The number of carbonyl (C=O) groups excluding carboxylic acids is 1. The van der Waals surface area contributed by atoms with Crippen molar-refractivity contribution in [2.75, 3.05) is 16.2 Å². The van der Waals surface area contributed by atoms with Gasteiger partial charge in [0.2, 0.25) is 5.95 Å². The van der Waals surface area contributed by atoms with Crippen molar-refractivity contribution in [1.82, 2.24) is 9.55 Å². The van der Waals surface area contributed by atoms with Crippen LogP contribution in [0.2, 0.25) is 5.02 Å². The standard InChI is InChI=1S/C25H23ClN4O3S/c1-2-29-23-12-6-4-10-21(23)27-25(29)28-24(31)19-16-18(13-14-20(19)26)34(32,33)30-15-7-9-17-8-3-5-11-22(17)30/h3-6,8,10-14,16H,2,7,9,15H2,1H3,(H,27,28,31). The Hall–Kier alpha value is -3.36. The van der Waals surface area contributed by atoms with E-state index in [1.165, 1.54) is 22.5 Å². The van der Waals surface area contributed by atoms with E-state index in [1.807, 2.05) is 60.0 Å². The molecule has 7 nitrogen and oxygen atoms in total. The molecular weight excluding hydrogens is 472 g/mol. The molecule has 0 saturated heterocycles. The van der Waals surface area contributed by atoms with Gasteiger partial charge in [0.25, 0.3) is 15.9 Å². The first-order valence-electron chi connectivity index (χ1n) is 11.1. The van der Waals surface area contributed by atoms with Crippen molar-refractivity contribution in [3.8, 4) is 0 Å². The highest BCUT2D eigenvalue weighted by atomic mass is 35.5. The normalized spacial score (nSPS) is 13.6. The summed E-state index contributed by atoms with van der Waals surface area (Å²) in [5.74, 6) is -0.144. The fourth-order valence-corrected chi connectivity index (χ4v) is 6.15. The number of aryl methyl sites for hydroxylation is 2. The lowest BCUT2D eigenvalue weighted by molar-refractivity contribution is 0.102. The number of amides is 1. The molecule has 0 aliphatic carbocycles. The number of halogens is 1. The second kappa shape index (κ2) is 8.77. The third-order valence-electron chi connectivity index (χ3n) is 6.03. The fourth-order valence-electron chi connectivity index (χ4n) is 4.37. The Kier molecular flexibility index (Phi) is 5.79. The number of nitrogens with one attached hydrogen (secondary N) is 1. The number of fused-ring (bicyclic) bond motifs is 2. The fraction of sp³-hybridized carbons (Fsp3) is 0.200. The maximum Gasteiger partial charge on any atom is 0.264 e. The van der Waals surface area contributed by atoms with Crippen molar-refractivity contribution in [1.29, 1.82) is 0 Å². The maximum absolute atomic E-state index is 13.5. The highest BCUT2D eigenvalue weighted by Crippen LogP contribution is 2.33. The number of hydrogen-bond acceptors (Lipinski definition) is 4. The number of anilines is 2. The van der Waals surface area contributed by atoms with Gasteiger partial charge in [-0.15, -0.1) is 0 Å². The Bertz CT molecular complexity index is 1510. The maximum atomic E-state index is 13.5. The third-order valence-corrected chi connectivity index (χ3v) is 8.17. The van der Waals surface area contributed by atoms with Crippen molar-refractivity contribution >= 4 is 50.2 Å². The smallest absolute Gasteiger partial charge is 0.264 e. The van der Waals surface area contributed by atoms with E-state index in [2.05, 4.69) is 10.3 Å². The van der Waals surface area contributed by atoms with Gasteiger partial charge >= 0.3 is 0 Å². The van der Waals surface area contributed by atoms with Crippen molar-refractivity contribution in [3.63, 3.8) is 0 Å². The van der Waals surface area contributed by atoms with Gasteiger partial charge in [0, 0.05) is 13.1 Å².